The first-order chi connectivity index (χ1) is 16.2. The number of hydrogen-bond acceptors (Lipinski definition) is 5. The lowest BCUT2D eigenvalue weighted by Crippen LogP contribution is -2.37. The molecule has 10 heteroatoms. The zero-order chi connectivity index (χ0) is 26.0. The van der Waals surface area contributed by atoms with Crippen LogP contribution in [0, 0.1) is 18.7 Å². The minimum atomic E-state index is -3.85. The molecular weight excluding hydrogens is 495 g/mol. The first-order valence-corrected chi connectivity index (χ1v) is 13.3. The second kappa shape index (κ2) is 10.6. The van der Waals surface area contributed by atoms with Crippen LogP contribution in [0.25, 0.3) is 11.1 Å². The number of Topliss-reactive ketones (excluding diaryl/α,β-unsaturated/α-hetero) is 1. The van der Waals surface area contributed by atoms with Crippen LogP contribution in [0.4, 0.5) is 9.18 Å². The van der Waals surface area contributed by atoms with Crippen molar-refractivity contribution in [3.8, 4) is 11.1 Å². The number of hydrogen-bond donors (Lipinski definition) is 1. The smallest absolute Gasteiger partial charge is 0.410 e. The fourth-order valence-electron chi connectivity index (χ4n) is 3.88. The number of sulfonamides is 1. The van der Waals surface area contributed by atoms with Crippen molar-refractivity contribution < 1.29 is 27.1 Å². The van der Waals surface area contributed by atoms with Crippen LogP contribution in [0.1, 0.15) is 43.1 Å². The molecular formula is C25H30ClFN2O5S. The predicted molar refractivity (Wildman–Crippen MR) is 134 cm³/mol. The molecule has 1 heterocycles. The van der Waals surface area contributed by atoms with Gasteiger partial charge in [0.15, 0.2) is 11.6 Å². The molecule has 0 aromatic heterocycles. The van der Waals surface area contributed by atoms with E-state index in [1.165, 1.54) is 17.0 Å². The number of ether oxygens (including phenoxy) is 1. The van der Waals surface area contributed by atoms with E-state index < -0.39 is 39.9 Å². The minimum Gasteiger partial charge on any atom is -0.444 e. The number of amides is 1. The summed E-state index contributed by atoms with van der Waals surface area (Å²) in [5.74, 6) is -2.18. The molecule has 1 fully saturated rings. The van der Waals surface area contributed by atoms with Crippen LogP contribution < -0.4 is 4.72 Å². The number of carbonyl (C=O) groups excluding carboxylic acids is 2. The van der Waals surface area contributed by atoms with Crippen molar-refractivity contribution >= 4 is 33.5 Å². The van der Waals surface area contributed by atoms with Gasteiger partial charge in [-0.2, -0.15) is 0 Å². The average Bonchev–Trinajstić information content (AvgIpc) is 3.20. The van der Waals surface area contributed by atoms with Crippen LogP contribution in [0.15, 0.2) is 36.4 Å². The van der Waals surface area contributed by atoms with Crippen molar-refractivity contribution in [3.63, 3.8) is 0 Å². The monoisotopic (exact) mass is 524 g/mol. The number of likely N-dealkylation sites (tertiary alicyclic amines) is 1. The van der Waals surface area contributed by atoms with Crippen LogP contribution in [0.5, 0.6) is 0 Å². The summed E-state index contributed by atoms with van der Waals surface area (Å²) in [5.41, 5.74) is 1.38. The Morgan fingerprint density at radius 2 is 1.91 bits per heavy atom. The van der Waals surface area contributed by atoms with Crippen LogP contribution in [0.3, 0.4) is 0 Å². The fraction of sp³-hybridized carbons (Fsp3) is 0.440. The van der Waals surface area contributed by atoms with Gasteiger partial charge in [-0.3, -0.25) is 4.79 Å². The van der Waals surface area contributed by atoms with Crippen molar-refractivity contribution in [1.29, 1.82) is 0 Å². The van der Waals surface area contributed by atoms with Gasteiger partial charge in [0.2, 0.25) is 10.0 Å². The van der Waals surface area contributed by atoms with Crippen molar-refractivity contribution in [2.24, 2.45) is 5.92 Å². The Morgan fingerprint density at radius 1 is 1.20 bits per heavy atom. The molecule has 7 nitrogen and oxygen atoms in total. The van der Waals surface area contributed by atoms with E-state index in [1.807, 2.05) is 31.2 Å². The van der Waals surface area contributed by atoms with Gasteiger partial charge in [0.1, 0.15) is 5.60 Å². The molecule has 1 unspecified atom stereocenters. The third-order valence-corrected chi connectivity index (χ3v) is 7.29. The van der Waals surface area contributed by atoms with Crippen molar-refractivity contribution in [2.75, 3.05) is 25.4 Å². The van der Waals surface area contributed by atoms with Crippen LogP contribution in [-0.4, -0.2) is 56.2 Å². The van der Waals surface area contributed by atoms with E-state index in [1.54, 1.807) is 20.8 Å². The van der Waals surface area contributed by atoms with Gasteiger partial charge < -0.3 is 9.64 Å². The van der Waals surface area contributed by atoms with Gasteiger partial charge >= 0.3 is 6.09 Å². The van der Waals surface area contributed by atoms with Crippen molar-refractivity contribution in [3.05, 3.63) is 58.4 Å². The van der Waals surface area contributed by atoms with Crippen LogP contribution in [0.2, 0.25) is 5.02 Å². The zero-order valence-corrected chi connectivity index (χ0v) is 21.8. The number of rotatable bonds is 7. The number of nitrogens with one attached hydrogen (secondary N) is 1. The Labute approximate surface area is 210 Å². The first kappa shape index (κ1) is 27.1. The van der Waals surface area contributed by atoms with E-state index in [0.717, 1.165) is 11.1 Å². The highest BCUT2D eigenvalue weighted by atomic mass is 35.5. The largest absolute Gasteiger partial charge is 0.444 e. The van der Waals surface area contributed by atoms with Crippen LogP contribution >= 0.6 is 11.6 Å². The zero-order valence-electron chi connectivity index (χ0n) is 20.2. The summed E-state index contributed by atoms with van der Waals surface area (Å²) in [7, 11) is -3.85. The lowest BCUT2D eigenvalue weighted by Gasteiger charge is -2.24. The van der Waals surface area contributed by atoms with Crippen molar-refractivity contribution in [1.82, 2.24) is 9.62 Å². The van der Waals surface area contributed by atoms with Gasteiger partial charge in [-0.15, -0.1) is 0 Å². The molecule has 0 aliphatic carbocycles. The maximum Gasteiger partial charge on any atom is 0.410 e. The maximum absolute atomic E-state index is 14.6. The maximum atomic E-state index is 14.6. The topological polar surface area (TPSA) is 92.8 Å². The molecule has 3 rings (SSSR count). The third-order valence-electron chi connectivity index (χ3n) is 5.53. The molecule has 0 radical (unpaired) electrons. The third kappa shape index (κ3) is 7.49. The number of carbonyl (C=O) groups is 2. The van der Waals surface area contributed by atoms with E-state index in [2.05, 4.69) is 4.72 Å². The highest BCUT2D eigenvalue weighted by Crippen LogP contribution is 2.29. The molecule has 1 atom stereocenters. The average molecular weight is 525 g/mol. The molecule has 35 heavy (non-hydrogen) atoms. The minimum absolute atomic E-state index is 0.219. The van der Waals surface area contributed by atoms with E-state index >= 15 is 0 Å². The summed E-state index contributed by atoms with van der Waals surface area (Å²) >= 11 is 6.03. The van der Waals surface area contributed by atoms with Gasteiger partial charge in [0, 0.05) is 13.1 Å². The summed E-state index contributed by atoms with van der Waals surface area (Å²) in [4.78, 5) is 26.4. The fourth-order valence-corrected chi connectivity index (χ4v) is 5.47. The summed E-state index contributed by atoms with van der Waals surface area (Å²) in [6, 6.07) is 10.3. The number of aryl methyl sites for hydroxylation is 1. The molecule has 2 aromatic rings. The Balaban J connectivity index is 1.63. The van der Waals surface area contributed by atoms with E-state index in [4.69, 9.17) is 16.3 Å². The summed E-state index contributed by atoms with van der Waals surface area (Å²) in [6.45, 7) is 7.22. The van der Waals surface area contributed by atoms with E-state index in [9.17, 15) is 22.4 Å². The molecule has 190 valence electrons. The normalized spacial score (nSPS) is 16.4. The van der Waals surface area contributed by atoms with Gasteiger partial charge in [0.25, 0.3) is 0 Å². The van der Waals surface area contributed by atoms with Gasteiger partial charge in [-0.05, 0) is 63.3 Å². The molecule has 0 saturated carbocycles. The van der Waals surface area contributed by atoms with Gasteiger partial charge in [-0.25, -0.2) is 22.3 Å². The Bertz CT molecular complexity index is 1230. The molecule has 0 spiro atoms. The Kier molecular flexibility index (Phi) is 8.24. The Hall–Kier alpha value is -2.49. The van der Waals surface area contributed by atoms with Gasteiger partial charge in [0.05, 0.1) is 22.9 Å². The molecule has 1 saturated heterocycles. The SMILES string of the molecule is Cc1cccc(-c2cc(Cl)c(F)c(C(=O)CNS(=O)(=O)CC3CCN(C(=O)OC(C)(C)C)C3)c2)c1. The van der Waals surface area contributed by atoms with Crippen LogP contribution in [-0.2, 0) is 14.8 Å². The number of nitrogens with zero attached hydrogens (tertiary/aromatic N) is 1. The molecule has 1 amide bonds. The second-order valence-corrected chi connectivity index (χ2v) is 12.1. The lowest BCUT2D eigenvalue weighted by atomic mass is 9.99. The number of benzene rings is 2. The summed E-state index contributed by atoms with van der Waals surface area (Å²) in [5, 5.41) is -0.219. The highest BCUT2D eigenvalue weighted by molar-refractivity contribution is 7.89. The van der Waals surface area contributed by atoms with E-state index in [0.29, 0.717) is 18.5 Å². The second-order valence-electron chi connectivity index (χ2n) is 9.80. The number of halogens is 2. The predicted octanol–water partition coefficient (Wildman–Crippen LogP) is 4.81. The molecule has 1 N–H and O–H groups in total. The van der Waals surface area contributed by atoms with Gasteiger partial charge in [-0.1, -0.05) is 41.4 Å². The quantitative estimate of drug-likeness (QED) is 0.524. The van der Waals surface area contributed by atoms with E-state index in [-0.39, 0.29) is 28.8 Å². The first-order valence-electron chi connectivity index (χ1n) is 11.3. The highest BCUT2D eigenvalue weighted by Gasteiger charge is 2.32. The van der Waals surface area contributed by atoms with Crippen molar-refractivity contribution in [2.45, 2.75) is 39.7 Å². The molecule has 0 bridgehead atoms. The molecule has 1 aliphatic rings. The lowest BCUT2D eigenvalue weighted by molar-refractivity contribution is 0.0289. The summed E-state index contributed by atoms with van der Waals surface area (Å²) < 4.78 is 47.4. The standard InChI is InChI=1S/C25H30ClFN2O5S/c1-16-6-5-7-18(10-16)19-11-20(23(27)21(26)12-19)22(30)13-28-35(32,33)15-17-8-9-29(14-17)24(31)34-25(2,3)4/h5-7,10-12,17,28H,8-9,13-15H2,1-4H3. The summed E-state index contributed by atoms with van der Waals surface area (Å²) in [6.07, 6.45) is 0.0121. The number of ketones is 1. The molecule has 1 aliphatic heterocycles. The Morgan fingerprint density at radius 3 is 2.57 bits per heavy atom. The molecule has 2 aromatic carbocycles.